The topological polar surface area (TPSA) is 108 Å². The SMILES string of the molecule is CC(=O)NCCNc1cc(NCCNC(=O)C=Cc2ccccc2)nc(-c2ccccc2)n1. The molecular formula is C25H28N6O2. The number of aromatic nitrogens is 2. The Kier molecular flexibility index (Phi) is 8.96. The molecule has 0 unspecified atom stereocenters. The van der Waals surface area contributed by atoms with Gasteiger partial charge in [0.25, 0.3) is 0 Å². The van der Waals surface area contributed by atoms with Crippen LogP contribution in [0.2, 0.25) is 0 Å². The van der Waals surface area contributed by atoms with Crippen LogP contribution in [0.3, 0.4) is 0 Å². The van der Waals surface area contributed by atoms with Gasteiger partial charge in [0.2, 0.25) is 11.8 Å². The Labute approximate surface area is 193 Å². The maximum atomic E-state index is 12.0. The van der Waals surface area contributed by atoms with Crippen molar-refractivity contribution in [2.75, 3.05) is 36.8 Å². The van der Waals surface area contributed by atoms with Crippen LogP contribution in [0.15, 0.2) is 72.8 Å². The third kappa shape index (κ3) is 8.45. The van der Waals surface area contributed by atoms with Crippen molar-refractivity contribution in [3.05, 3.63) is 78.4 Å². The molecule has 1 heterocycles. The molecule has 2 aromatic carbocycles. The number of hydrogen-bond donors (Lipinski definition) is 4. The number of nitrogens with one attached hydrogen (secondary N) is 4. The van der Waals surface area contributed by atoms with E-state index in [0.29, 0.717) is 43.6 Å². The monoisotopic (exact) mass is 444 g/mol. The molecule has 3 rings (SSSR count). The van der Waals surface area contributed by atoms with Crippen LogP contribution < -0.4 is 21.3 Å². The van der Waals surface area contributed by atoms with Gasteiger partial charge in [-0.05, 0) is 11.6 Å². The minimum Gasteiger partial charge on any atom is -0.368 e. The van der Waals surface area contributed by atoms with Crippen LogP contribution in [0.4, 0.5) is 11.6 Å². The Balaban J connectivity index is 1.56. The predicted molar refractivity (Wildman–Crippen MR) is 132 cm³/mol. The summed E-state index contributed by atoms with van der Waals surface area (Å²) >= 11 is 0. The van der Waals surface area contributed by atoms with Crippen molar-refractivity contribution in [1.29, 1.82) is 0 Å². The van der Waals surface area contributed by atoms with Gasteiger partial charge in [-0.3, -0.25) is 9.59 Å². The second-order valence-electron chi connectivity index (χ2n) is 7.20. The summed E-state index contributed by atoms with van der Waals surface area (Å²) in [5, 5.41) is 12.0. The Morgan fingerprint density at radius 2 is 1.36 bits per heavy atom. The Morgan fingerprint density at radius 1 is 0.788 bits per heavy atom. The number of nitrogens with zero attached hydrogens (tertiary/aromatic N) is 2. The van der Waals surface area contributed by atoms with E-state index in [1.165, 1.54) is 13.0 Å². The van der Waals surface area contributed by atoms with Crippen LogP contribution in [-0.4, -0.2) is 48.0 Å². The quantitative estimate of drug-likeness (QED) is 0.268. The molecular weight excluding hydrogens is 416 g/mol. The third-order valence-corrected chi connectivity index (χ3v) is 4.52. The molecule has 170 valence electrons. The zero-order chi connectivity index (χ0) is 23.3. The maximum Gasteiger partial charge on any atom is 0.244 e. The van der Waals surface area contributed by atoms with Gasteiger partial charge in [-0.2, -0.15) is 0 Å². The standard InChI is InChI=1S/C25H28N6O2/c1-19(32)26-14-15-27-22-18-23(31-25(30-22)21-10-6-3-7-11-21)28-16-17-29-24(33)13-12-20-8-4-2-5-9-20/h2-13,18H,14-17H2,1H3,(H,26,32)(H,29,33)(H2,27,28,30,31). The van der Waals surface area contributed by atoms with E-state index in [1.807, 2.05) is 60.7 Å². The highest BCUT2D eigenvalue weighted by molar-refractivity contribution is 5.91. The van der Waals surface area contributed by atoms with E-state index in [4.69, 9.17) is 0 Å². The van der Waals surface area contributed by atoms with Gasteiger partial charge in [-0.1, -0.05) is 60.7 Å². The zero-order valence-electron chi connectivity index (χ0n) is 18.5. The number of carbonyl (C=O) groups excluding carboxylic acids is 2. The molecule has 0 aliphatic heterocycles. The first-order valence-corrected chi connectivity index (χ1v) is 10.8. The van der Waals surface area contributed by atoms with Gasteiger partial charge in [0.15, 0.2) is 5.82 Å². The normalized spacial score (nSPS) is 10.6. The van der Waals surface area contributed by atoms with Gasteiger partial charge < -0.3 is 21.3 Å². The number of hydrogen-bond acceptors (Lipinski definition) is 6. The fourth-order valence-electron chi connectivity index (χ4n) is 2.95. The molecule has 4 N–H and O–H groups in total. The summed E-state index contributed by atoms with van der Waals surface area (Å²) in [7, 11) is 0. The van der Waals surface area contributed by atoms with Gasteiger partial charge >= 0.3 is 0 Å². The summed E-state index contributed by atoms with van der Waals surface area (Å²) in [6, 6.07) is 21.2. The smallest absolute Gasteiger partial charge is 0.244 e. The molecule has 0 bridgehead atoms. The summed E-state index contributed by atoms with van der Waals surface area (Å²) in [5.74, 6) is 1.63. The van der Waals surface area contributed by atoms with Crippen molar-refractivity contribution in [2.45, 2.75) is 6.92 Å². The largest absolute Gasteiger partial charge is 0.368 e. The van der Waals surface area contributed by atoms with E-state index in [0.717, 1.165) is 11.1 Å². The highest BCUT2D eigenvalue weighted by Crippen LogP contribution is 2.19. The lowest BCUT2D eigenvalue weighted by molar-refractivity contribution is -0.119. The molecule has 0 spiro atoms. The van der Waals surface area contributed by atoms with E-state index >= 15 is 0 Å². The van der Waals surface area contributed by atoms with E-state index in [-0.39, 0.29) is 11.8 Å². The first kappa shape index (κ1) is 23.5. The molecule has 0 saturated heterocycles. The molecule has 0 saturated carbocycles. The molecule has 0 atom stereocenters. The van der Waals surface area contributed by atoms with Gasteiger partial charge in [0.1, 0.15) is 11.6 Å². The van der Waals surface area contributed by atoms with Gasteiger partial charge in [-0.15, -0.1) is 0 Å². The molecule has 8 nitrogen and oxygen atoms in total. The molecule has 3 aromatic rings. The molecule has 8 heteroatoms. The summed E-state index contributed by atoms with van der Waals surface area (Å²) in [6.07, 6.45) is 3.29. The molecule has 0 aliphatic carbocycles. The highest BCUT2D eigenvalue weighted by Gasteiger charge is 2.07. The molecule has 0 aliphatic rings. The first-order valence-electron chi connectivity index (χ1n) is 10.8. The minimum absolute atomic E-state index is 0.0764. The fourth-order valence-corrected chi connectivity index (χ4v) is 2.95. The molecule has 2 amide bonds. The first-order chi connectivity index (χ1) is 16.1. The van der Waals surface area contributed by atoms with Crippen LogP contribution in [0.5, 0.6) is 0 Å². The summed E-state index contributed by atoms with van der Waals surface area (Å²) < 4.78 is 0. The van der Waals surface area contributed by atoms with Gasteiger partial charge in [-0.25, -0.2) is 9.97 Å². The summed E-state index contributed by atoms with van der Waals surface area (Å²) in [4.78, 5) is 32.2. The Hall–Kier alpha value is -4.20. The fraction of sp³-hybridized carbons (Fsp3) is 0.200. The molecule has 0 fully saturated rings. The third-order valence-electron chi connectivity index (χ3n) is 4.52. The predicted octanol–water partition coefficient (Wildman–Crippen LogP) is 2.93. The van der Waals surface area contributed by atoms with Crippen molar-refractivity contribution < 1.29 is 9.59 Å². The van der Waals surface area contributed by atoms with Crippen molar-refractivity contribution in [2.24, 2.45) is 0 Å². The van der Waals surface area contributed by atoms with Gasteiger partial charge in [0, 0.05) is 50.8 Å². The highest BCUT2D eigenvalue weighted by atomic mass is 16.2. The zero-order valence-corrected chi connectivity index (χ0v) is 18.5. The second-order valence-corrected chi connectivity index (χ2v) is 7.20. The minimum atomic E-state index is -0.159. The van der Waals surface area contributed by atoms with Crippen LogP contribution >= 0.6 is 0 Å². The average Bonchev–Trinajstić information content (AvgIpc) is 2.84. The van der Waals surface area contributed by atoms with Crippen molar-refractivity contribution in [3.63, 3.8) is 0 Å². The molecule has 33 heavy (non-hydrogen) atoms. The van der Waals surface area contributed by atoms with Crippen molar-refractivity contribution >= 4 is 29.5 Å². The number of amides is 2. The second kappa shape index (κ2) is 12.6. The Bertz CT molecular complexity index is 1070. The average molecular weight is 445 g/mol. The lowest BCUT2D eigenvalue weighted by atomic mass is 10.2. The summed E-state index contributed by atoms with van der Waals surface area (Å²) in [5.41, 5.74) is 1.86. The maximum absolute atomic E-state index is 12.0. The van der Waals surface area contributed by atoms with Crippen LogP contribution in [-0.2, 0) is 9.59 Å². The van der Waals surface area contributed by atoms with E-state index in [1.54, 1.807) is 12.1 Å². The van der Waals surface area contributed by atoms with E-state index < -0.39 is 0 Å². The van der Waals surface area contributed by atoms with Crippen molar-refractivity contribution in [1.82, 2.24) is 20.6 Å². The number of carbonyl (C=O) groups is 2. The lowest BCUT2D eigenvalue weighted by Crippen LogP contribution is -2.27. The van der Waals surface area contributed by atoms with Crippen LogP contribution in [0, 0.1) is 0 Å². The number of rotatable bonds is 11. The number of benzene rings is 2. The molecule has 0 radical (unpaired) electrons. The Morgan fingerprint density at radius 3 is 1.97 bits per heavy atom. The van der Waals surface area contributed by atoms with Crippen LogP contribution in [0.25, 0.3) is 17.5 Å². The van der Waals surface area contributed by atoms with Crippen molar-refractivity contribution in [3.8, 4) is 11.4 Å². The molecule has 1 aromatic heterocycles. The van der Waals surface area contributed by atoms with E-state index in [9.17, 15) is 9.59 Å². The van der Waals surface area contributed by atoms with E-state index in [2.05, 4.69) is 31.2 Å². The summed E-state index contributed by atoms with van der Waals surface area (Å²) in [6.45, 7) is 3.45. The number of anilines is 2. The van der Waals surface area contributed by atoms with Gasteiger partial charge in [0.05, 0.1) is 0 Å². The van der Waals surface area contributed by atoms with Crippen LogP contribution in [0.1, 0.15) is 12.5 Å². The lowest BCUT2D eigenvalue weighted by Gasteiger charge is -2.12.